The van der Waals surface area contributed by atoms with Gasteiger partial charge in [-0.05, 0) is 36.1 Å². The number of para-hydroxylation sites is 1. The van der Waals surface area contributed by atoms with Crippen molar-refractivity contribution in [2.24, 2.45) is 0 Å². The first kappa shape index (κ1) is 16.9. The number of carbonyl (C=O) groups excluding carboxylic acids is 1. The molecule has 0 saturated carbocycles. The molecule has 3 aromatic rings. The SMILES string of the molecule is CCc1cccc2c(CCNC(=O)c3cccc(Cl)c3Cl)c[nH]c12. The van der Waals surface area contributed by atoms with Crippen molar-refractivity contribution in [2.75, 3.05) is 6.54 Å². The van der Waals surface area contributed by atoms with Gasteiger partial charge in [0.05, 0.1) is 15.6 Å². The lowest BCUT2D eigenvalue weighted by Gasteiger charge is -2.07. The summed E-state index contributed by atoms with van der Waals surface area (Å²) in [7, 11) is 0. The van der Waals surface area contributed by atoms with Gasteiger partial charge in [0.2, 0.25) is 0 Å². The summed E-state index contributed by atoms with van der Waals surface area (Å²) < 4.78 is 0. The molecule has 0 fully saturated rings. The van der Waals surface area contributed by atoms with Gasteiger partial charge in [-0.15, -0.1) is 0 Å². The second-order valence-electron chi connectivity index (χ2n) is 5.61. The van der Waals surface area contributed by atoms with Gasteiger partial charge in [-0.3, -0.25) is 4.79 Å². The normalized spacial score (nSPS) is 11.0. The van der Waals surface area contributed by atoms with Gasteiger partial charge in [0, 0.05) is 23.6 Å². The number of aryl methyl sites for hydroxylation is 1. The fraction of sp³-hybridized carbons (Fsp3) is 0.211. The van der Waals surface area contributed by atoms with E-state index in [1.807, 2.05) is 6.20 Å². The molecule has 3 rings (SSSR count). The Morgan fingerprint density at radius 1 is 1.12 bits per heavy atom. The van der Waals surface area contributed by atoms with Crippen molar-refractivity contribution < 1.29 is 4.79 Å². The van der Waals surface area contributed by atoms with E-state index >= 15 is 0 Å². The highest BCUT2D eigenvalue weighted by molar-refractivity contribution is 6.43. The molecule has 0 bridgehead atoms. The molecule has 1 amide bonds. The van der Waals surface area contributed by atoms with E-state index in [4.69, 9.17) is 23.2 Å². The number of halogens is 2. The zero-order valence-electron chi connectivity index (χ0n) is 13.3. The molecule has 124 valence electrons. The van der Waals surface area contributed by atoms with Gasteiger partial charge in [-0.2, -0.15) is 0 Å². The lowest BCUT2D eigenvalue weighted by Crippen LogP contribution is -2.25. The molecular formula is C19H18Cl2N2O. The van der Waals surface area contributed by atoms with Crippen molar-refractivity contribution in [3.63, 3.8) is 0 Å². The first-order chi connectivity index (χ1) is 11.6. The predicted octanol–water partition coefficient (Wildman–Crippen LogP) is 5.01. The van der Waals surface area contributed by atoms with Crippen LogP contribution in [0.25, 0.3) is 10.9 Å². The number of hydrogen-bond donors (Lipinski definition) is 2. The summed E-state index contributed by atoms with van der Waals surface area (Å²) in [4.78, 5) is 15.6. The van der Waals surface area contributed by atoms with Crippen molar-refractivity contribution in [3.05, 3.63) is 69.3 Å². The molecule has 0 spiro atoms. The molecule has 0 saturated heterocycles. The molecule has 0 aliphatic carbocycles. The van der Waals surface area contributed by atoms with Crippen molar-refractivity contribution in [2.45, 2.75) is 19.8 Å². The number of rotatable bonds is 5. The molecule has 2 aromatic carbocycles. The Morgan fingerprint density at radius 3 is 2.71 bits per heavy atom. The predicted molar refractivity (Wildman–Crippen MR) is 100 cm³/mol. The summed E-state index contributed by atoms with van der Waals surface area (Å²) in [6.45, 7) is 2.68. The highest BCUT2D eigenvalue weighted by Crippen LogP contribution is 2.25. The minimum Gasteiger partial charge on any atom is -0.361 e. The number of aromatic amines is 1. The molecule has 0 radical (unpaired) electrons. The molecule has 0 aliphatic rings. The number of hydrogen-bond acceptors (Lipinski definition) is 1. The van der Waals surface area contributed by atoms with E-state index in [0.717, 1.165) is 12.8 Å². The molecular weight excluding hydrogens is 343 g/mol. The lowest BCUT2D eigenvalue weighted by molar-refractivity contribution is 0.0954. The highest BCUT2D eigenvalue weighted by Gasteiger charge is 2.12. The largest absolute Gasteiger partial charge is 0.361 e. The summed E-state index contributed by atoms with van der Waals surface area (Å²) in [6, 6.07) is 11.4. The van der Waals surface area contributed by atoms with E-state index in [-0.39, 0.29) is 10.9 Å². The summed E-state index contributed by atoms with van der Waals surface area (Å²) in [5.41, 5.74) is 4.07. The van der Waals surface area contributed by atoms with Gasteiger partial charge in [0.25, 0.3) is 5.91 Å². The van der Waals surface area contributed by atoms with E-state index in [0.29, 0.717) is 17.1 Å². The van der Waals surface area contributed by atoms with Crippen LogP contribution < -0.4 is 5.32 Å². The average molecular weight is 361 g/mol. The number of aromatic nitrogens is 1. The Balaban J connectivity index is 1.69. The highest BCUT2D eigenvalue weighted by atomic mass is 35.5. The maximum absolute atomic E-state index is 12.2. The second-order valence-corrected chi connectivity index (χ2v) is 6.40. The molecule has 0 aliphatic heterocycles. The average Bonchev–Trinajstić information content (AvgIpc) is 3.00. The van der Waals surface area contributed by atoms with Gasteiger partial charge in [0.15, 0.2) is 0 Å². The van der Waals surface area contributed by atoms with Crippen LogP contribution in [-0.4, -0.2) is 17.4 Å². The van der Waals surface area contributed by atoms with Gasteiger partial charge < -0.3 is 10.3 Å². The number of H-pyrrole nitrogens is 1. The van der Waals surface area contributed by atoms with E-state index in [2.05, 4.69) is 35.4 Å². The maximum Gasteiger partial charge on any atom is 0.252 e. The van der Waals surface area contributed by atoms with Crippen molar-refractivity contribution in [3.8, 4) is 0 Å². The third-order valence-electron chi connectivity index (χ3n) is 4.14. The zero-order chi connectivity index (χ0) is 17.1. The van der Waals surface area contributed by atoms with Gasteiger partial charge in [-0.1, -0.05) is 54.4 Å². The first-order valence-electron chi connectivity index (χ1n) is 7.92. The number of nitrogens with one attached hydrogen (secondary N) is 2. The fourth-order valence-corrected chi connectivity index (χ4v) is 3.25. The first-order valence-corrected chi connectivity index (χ1v) is 8.67. The second kappa shape index (κ2) is 7.29. The summed E-state index contributed by atoms with van der Waals surface area (Å²) in [5.74, 6) is -0.211. The van der Waals surface area contributed by atoms with Crippen LogP contribution in [0, 0.1) is 0 Å². The summed E-state index contributed by atoms with van der Waals surface area (Å²) in [6.07, 6.45) is 3.75. The topological polar surface area (TPSA) is 44.9 Å². The Labute approximate surface area is 151 Å². The Bertz CT molecular complexity index is 886. The van der Waals surface area contributed by atoms with E-state index in [9.17, 15) is 4.79 Å². The van der Waals surface area contributed by atoms with Gasteiger partial charge in [0.1, 0.15) is 0 Å². The molecule has 0 unspecified atom stereocenters. The molecule has 2 N–H and O–H groups in total. The van der Waals surface area contributed by atoms with E-state index in [1.54, 1.807) is 18.2 Å². The minimum absolute atomic E-state index is 0.211. The number of amides is 1. The molecule has 0 atom stereocenters. The molecule has 5 heteroatoms. The lowest BCUT2D eigenvalue weighted by atomic mass is 10.1. The van der Waals surface area contributed by atoms with Crippen LogP contribution in [0.3, 0.4) is 0 Å². The maximum atomic E-state index is 12.2. The van der Waals surface area contributed by atoms with Crippen molar-refractivity contribution >= 4 is 40.0 Å². The molecule has 1 heterocycles. The van der Waals surface area contributed by atoms with E-state index in [1.165, 1.54) is 22.0 Å². The van der Waals surface area contributed by atoms with Crippen LogP contribution in [0.2, 0.25) is 10.0 Å². The third kappa shape index (κ3) is 3.28. The third-order valence-corrected chi connectivity index (χ3v) is 4.96. The number of carbonyl (C=O) groups is 1. The molecule has 3 nitrogen and oxygen atoms in total. The number of benzene rings is 2. The van der Waals surface area contributed by atoms with Crippen LogP contribution in [0.5, 0.6) is 0 Å². The van der Waals surface area contributed by atoms with Crippen molar-refractivity contribution in [1.82, 2.24) is 10.3 Å². The zero-order valence-corrected chi connectivity index (χ0v) is 14.8. The van der Waals surface area contributed by atoms with Gasteiger partial charge in [-0.25, -0.2) is 0 Å². The van der Waals surface area contributed by atoms with Crippen LogP contribution in [0.1, 0.15) is 28.4 Å². The number of fused-ring (bicyclic) bond motifs is 1. The Kier molecular flexibility index (Phi) is 5.12. The Hall–Kier alpha value is -1.97. The smallest absolute Gasteiger partial charge is 0.252 e. The summed E-state index contributed by atoms with van der Waals surface area (Å²) in [5, 5.41) is 4.79. The van der Waals surface area contributed by atoms with Crippen LogP contribution in [-0.2, 0) is 12.8 Å². The van der Waals surface area contributed by atoms with E-state index < -0.39 is 0 Å². The molecule has 1 aromatic heterocycles. The quantitative estimate of drug-likeness (QED) is 0.659. The molecule has 24 heavy (non-hydrogen) atoms. The van der Waals surface area contributed by atoms with Crippen LogP contribution >= 0.6 is 23.2 Å². The van der Waals surface area contributed by atoms with Crippen molar-refractivity contribution in [1.29, 1.82) is 0 Å². The van der Waals surface area contributed by atoms with Crippen LogP contribution in [0.15, 0.2) is 42.6 Å². The Morgan fingerprint density at radius 2 is 1.92 bits per heavy atom. The fourth-order valence-electron chi connectivity index (χ4n) is 2.86. The summed E-state index contributed by atoms with van der Waals surface area (Å²) >= 11 is 12.0. The minimum atomic E-state index is -0.211. The standard InChI is InChI=1S/C19H18Cl2N2O/c1-2-12-5-3-6-14-13(11-23-18(12)14)9-10-22-19(24)15-7-4-8-16(20)17(15)21/h3-8,11,23H,2,9-10H2,1H3,(H,22,24). The van der Waals surface area contributed by atoms with Gasteiger partial charge >= 0.3 is 0 Å². The monoisotopic (exact) mass is 360 g/mol. The van der Waals surface area contributed by atoms with Crippen LogP contribution in [0.4, 0.5) is 0 Å².